The first kappa shape index (κ1) is 23.5. The van der Waals surface area contributed by atoms with Crippen LogP contribution in [-0.4, -0.2) is 22.4 Å². The minimum absolute atomic E-state index is 0.385. The normalized spacial score (nSPS) is 39.8. The maximum Gasteiger partial charge on any atom is 0.0811 e. The van der Waals surface area contributed by atoms with Gasteiger partial charge in [-0.2, -0.15) is 0 Å². The highest BCUT2D eigenvalue weighted by Crippen LogP contribution is 2.59. The number of aliphatic hydroxyl groups is 2. The van der Waals surface area contributed by atoms with Crippen molar-refractivity contribution in [1.82, 2.24) is 0 Å². The Kier molecular flexibility index (Phi) is 7.51. The van der Waals surface area contributed by atoms with Crippen molar-refractivity contribution < 1.29 is 10.2 Å². The number of allylic oxidation sites excluding steroid dienone is 5. The van der Waals surface area contributed by atoms with Gasteiger partial charge in [-0.1, -0.05) is 71.1 Å². The van der Waals surface area contributed by atoms with Gasteiger partial charge in [-0.3, -0.25) is 0 Å². The fraction of sp³-hybridized carbons (Fsp3) is 0.714. The predicted octanol–water partition coefficient (Wildman–Crippen LogP) is 6.61. The smallest absolute Gasteiger partial charge is 0.0811 e. The molecule has 0 radical (unpaired) electrons. The van der Waals surface area contributed by atoms with Crippen molar-refractivity contribution in [2.24, 2.45) is 35.0 Å². The summed E-state index contributed by atoms with van der Waals surface area (Å²) in [5.74, 6) is 3.38. The van der Waals surface area contributed by atoms with Crippen molar-refractivity contribution in [3.05, 3.63) is 47.6 Å². The fourth-order valence-electron chi connectivity index (χ4n) is 6.32. The lowest BCUT2D eigenvalue weighted by atomic mass is 9.61. The lowest BCUT2D eigenvalue weighted by molar-refractivity contribution is 0.0862. The van der Waals surface area contributed by atoms with Crippen LogP contribution in [0.15, 0.2) is 47.6 Å². The van der Waals surface area contributed by atoms with Gasteiger partial charge in [0.15, 0.2) is 0 Å². The number of hydrogen-bond donors (Lipinski definition) is 2. The van der Waals surface area contributed by atoms with Crippen LogP contribution in [0.2, 0.25) is 0 Å². The molecule has 3 saturated carbocycles. The molecule has 2 heteroatoms. The van der Waals surface area contributed by atoms with Crippen molar-refractivity contribution in [3.63, 3.8) is 0 Å². The molecule has 0 amide bonds. The molecule has 0 aliphatic heterocycles. The van der Waals surface area contributed by atoms with E-state index < -0.39 is 12.2 Å². The summed E-state index contributed by atoms with van der Waals surface area (Å²) >= 11 is 0. The van der Waals surface area contributed by atoms with E-state index in [1.54, 1.807) is 5.57 Å². The Morgan fingerprint density at radius 2 is 1.80 bits per heavy atom. The van der Waals surface area contributed by atoms with E-state index in [4.69, 9.17) is 0 Å². The van der Waals surface area contributed by atoms with Crippen molar-refractivity contribution >= 4 is 0 Å². The third kappa shape index (κ3) is 4.86. The zero-order chi connectivity index (χ0) is 22.1. The second kappa shape index (κ2) is 9.57. The van der Waals surface area contributed by atoms with Gasteiger partial charge in [-0.15, -0.1) is 0 Å². The lowest BCUT2D eigenvalue weighted by Gasteiger charge is -2.44. The predicted molar refractivity (Wildman–Crippen MR) is 127 cm³/mol. The summed E-state index contributed by atoms with van der Waals surface area (Å²) in [6.45, 7) is 16.0. The monoisotopic (exact) mass is 412 g/mol. The molecule has 3 aliphatic carbocycles. The molecule has 0 heterocycles. The summed E-state index contributed by atoms with van der Waals surface area (Å²) in [4.78, 5) is 0. The van der Waals surface area contributed by atoms with Crippen molar-refractivity contribution in [2.75, 3.05) is 0 Å². The van der Waals surface area contributed by atoms with Crippen LogP contribution in [0.25, 0.3) is 0 Å². The topological polar surface area (TPSA) is 40.5 Å². The maximum atomic E-state index is 10.1. The van der Waals surface area contributed by atoms with E-state index in [2.05, 4.69) is 65.5 Å². The van der Waals surface area contributed by atoms with Gasteiger partial charge in [0.2, 0.25) is 0 Å². The quantitative estimate of drug-likeness (QED) is 0.499. The molecule has 3 aliphatic rings. The van der Waals surface area contributed by atoms with Crippen LogP contribution in [0.5, 0.6) is 0 Å². The van der Waals surface area contributed by atoms with Gasteiger partial charge < -0.3 is 10.2 Å². The standard InChI is InChI=1S/C28H44O2/c1-18(2)19(3)9-10-20(4)25-13-14-26-22(8-7-15-28(25,26)6)11-12-23-16-24(29)17-27(30)21(23)5/h9-12,18-20,24-27,29-30H,5,7-8,13-17H2,1-4,6H3/b10-9+,22-11+,23-12+/t19-,20+,24?,25+,26-,27?,28+/m0/s1. The second-order valence-electron chi connectivity index (χ2n) is 11.0. The van der Waals surface area contributed by atoms with Crippen LogP contribution in [0, 0.1) is 35.0 Å². The molecule has 2 unspecified atom stereocenters. The Morgan fingerprint density at radius 3 is 2.50 bits per heavy atom. The summed E-state index contributed by atoms with van der Waals surface area (Å²) in [6, 6.07) is 0. The molecule has 0 spiro atoms. The summed E-state index contributed by atoms with van der Waals surface area (Å²) in [5.41, 5.74) is 3.77. The molecule has 0 saturated heterocycles. The molecule has 168 valence electrons. The molecule has 3 rings (SSSR count). The fourth-order valence-corrected chi connectivity index (χ4v) is 6.32. The van der Waals surface area contributed by atoms with Crippen LogP contribution < -0.4 is 0 Å². The second-order valence-corrected chi connectivity index (χ2v) is 11.0. The molecule has 7 atom stereocenters. The first-order chi connectivity index (χ1) is 14.1. The minimum Gasteiger partial charge on any atom is -0.393 e. The van der Waals surface area contributed by atoms with E-state index in [0.717, 1.165) is 17.1 Å². The first-order valence-electron chi connectivity index (χ1n) is 12.3. The minimum atomic E-state index is -0.605. The van der Waals surface area contributed by atoms with E-state index in [1.807, 2.05) is 0 Å². The summed E-state index contributed by atoms with van der Waals surface area (Å²) in [7, 11) is 0. The molecular weight excluding hydrogens is 368 g/mol. The molecule has 3 fully saturated rings. The van der Waals surface area contributed by atoms with Gasteiger partial charge >= 0.3 is 0 Å². The van der Waals surface area contributed by atoms with E-state index in [9.17, 15) is 10.2 Å². The largest absolute Gasteiger partial charge is 0.393 e. The number of fused-ring (bicyclic) bond motifs is 1. The van der Waals surface area contributed by atoms with E-state index in [-0.39, 0.29) is 0 Å². The SMILES string of the molecule is C=C1/C(=C/C=C2\CCC[C@]3(C)[C@@H]([C@H](C)/C=C/[C@H](C)C(C)C)CC[C@@H]23)CC(O)CC1O. The summed E-state index contributed by atoms with van der Waals surface area (Å²) in [5, 5.41) is 20.2. The average Bonchev–Trinajstić information content (AvgIpc) is 3.04. The van der Waals surface area contributed by atoms with Gasteiger partial charge in [0.05, 0.1) is 12.2 Å². The molecule has 2 N–H and O–H groups in total. The van der Waals surface area contributed by atoms with Crippen molar-refractivity contribution in [2.45, 2.75) is 91.8 Å². The Bertz CT molecular complexity index is 712. The average molecular weight is 413 g/mol. The van der Waals surface area contributed by atoms with Crippen LogP contribution in [0.4, 0.5) is 0 Å². The van der Waals surface area contributed by atoms with Gasteiger partial charge in [0.25, 0.3) is 0 Å². The third-order valence-electron chi connectivity index (χ3n) is 8.71. The van der Waals surface area contributed by atoms with E-state index in [1.165, 1.54) is 32.1 Å². The highest BCUT2D eigenvalue weighted by molar-refractivity contribution is 5.38. The lowest BCUT2D eigenvalue weighted by Crippen LogP contribution is -2.35. The molecule has 0 aromatic carbocycles. The molecule has 0 aromatic rings. The number of aliphatic hydroxyl groups excluding tert-OH is 2. The van der Waals surface area contributed by atoms with Crippen LogP contribution in [0.1, 0.15) is 79.6 Å². The molecule has 30 heavy (non-hydrogen) atoms. The zero-order valence-electron chi connectivity index (χ0n) is 19.9. The molecule has 0 aromatic heterocycles. The van der Waals surface area contributed by atoms with Gasteiger partial charge in [0, 0.05) is 6.42 Å². The van der Waals surface area contributed by atoms with Crippen molar-refractivity contribution in [1.29, 1.82) is 0 Å². The van der Waals surface area contributed by atoms with Crippen molar-refractivity contribution in [3.8, 4) is 0 Å². The molecule has 2 nitrogen and oxygen atoms in total. The third-order valence-corrected chi connectivity index (χ3v) is 8.71. The Morgan fingerprint density at radius 1 is 1.07 bits per heavy atom. The number of rotatable bonds is 5. The van der Waals surface area contributed by atoms with Crippen LogP contribution >= 0.6 is 0 Å². The first-order valence-corrected chi connectivity index (χ1v) is 12.3. The van der Waals surface area contributed by atoms with Crippen LogP contribution in [0.3, 0.4) is 0 Å². The van der Waals surface area contributed by atoms with Gasteiger partial charge in [-0.05, 0) is 84.7 Å². The van der Waals surface area contributed by atoms with Crippen LogP contribution in [-0.2, 0) is 0 Å². The Balaban J connectivity index is 1.76. The molecule has 0 bridgehead atoms. The Hall–Kier alpha value is -1.12. The molecular formula is C28H44O2. The van der Waals surface area contributed by atoms with E-state index in [0.29, 0.717) is 41.9 Å². The number of hydrogen-bond acceptors (Lipinski definition) is 2. The summed E-state index contributed by atoms with van der Waals surface area (Å²) in [6.07, 6.45) is 15.8. The zero-order valence-corrected chi connectivity index (χ0v) is 19.9. The highest BCUT2D eigenvalue weighted by Gasteiger charge is 2.50. The van der Waals surface area contributed by atoms with Gasteiger partial charge in [-0.25, -0.2) is 0 Å². The van der Waals surface area contributed by atoms with Gasteiger partial charge in [0.1, 0.15) is 0 Å². The Labute approximate surface area is 184 Å². The highest BCUT2D eigenvalue weighted by atomic mass is 16.3. The van der Waals surface area contributed by atoms with E-state index >= 15 is 0 Å². The summed E-state index contributed by atoms with van der Waals surface area (Å²) < 4.78 is 0. The maximum absolute atomic E-state index is 10.1.